The quantitative estimate of drug-likeness (QED) is 0.493. The van der Waals surface area contributed by atoms with E-state index < -0.39 is 38.6 Å². The van der Waals surface area contributed by atoms with E-state index in [0.29, 0.717) is 0 Å². The molecule has 0 aromatic heterocycles. The number of nitrogens with one attached hydrogen (secondary N) is 1. The minimum Gasteiger partial charge on any atom is -0.460 e. The summed E-state index contributed by atoms with van der Waals surface area (Å²) in [6.45, 7) is 4.94. The summed E-state index contributed by atoms with van der Waals surface area (Å²) in [5.41, 5.74) is -0.655. The van der Waals surface area contributed by atoms with Gasteiger partial charge in [-0.1, -0.05) is 15.9 Å². The molecule has 11 heteroatoms. The SMILES string of the molecule is CC(C)(C)OC(=O)CCCNS(=O)(=O)c1ccc(Br)cc1OC(F)(F)F. The zero-order chi connectivity index (χ0) is 20.2. The maximum absolute atomic E-state index is 12.5. The Morgan fingerprint density at radius 2 is 1.85 bits per heavy atom. The topological polar surface area (TPSA) is 81.7 Å². The van der Waals surface area contributed by atoms with E-state index in [1.807, 2.05) is 0 Å². The molecule has 0 saturated heterocycles. The average Bonchev–Trinajstić information content (AvgIpc) is 2.39. The number of hydrogen-bond acceptors (Lipinski definition) is 5. The number of alkyl halides is 3. The molecule has 0 spiro atoms. The first-order valence-corrected chi connectivity index (χ1v) is 9.74. The highest BCUT2D eigenvalue weighted by Gasteiger charge is 2.34. The molecule has 0 saturated carbocycles. The molecule has 26 heavy (non-hydrogen) atoms. The van der Waals surface area contributed by atoms with Gasteiger partial charge in [0.2, 0.25) is 10.0 Å². The minimum absolute atomic E-state index is 0.0357. The van der Waals surface area contributed by atoms with Crippen molar-refractivity contribution in [3.05, 3.63) is 22.7 Å². The Labute approximate surface area is 158 Å². The minimum atomic E-state index is -5.04. The highest BCUT2D eigenvalue weighted by molar-refractivity contribution is 9.10. The highest BCUT2D eigenvalue weighted by atomic mass is 79.9. The zero-order valence-electron chi connectivity index (χ0n) is 14.3. The fourth-order valence-corrected chi connectivity index (χ4v) is 3.34. The maximum atomic E-state index is 12.5. The van der Waals surface area contributed by atoms with Crippen LogP contribution in [0.15, 0.2) is 27.6 Å². The molecule has 1 aromatic rings. The van der Waals surface area contributed by atoms with Crippen LogP contribution in [0.5, 0.6) is 5.75 Å². The van der Waals surface area contributed by atoms with Crippen LogP contribution < -0.4 is 9.46 Å². The second-order valence-electron chi connectivity index (χ2n) is 6.23. The number of carbonyl (C=O) groups is 1. The van der Waals surface area contributed by atoms with Crippen LogP contribution in [-0.2, 0) is 19.6 Å². The molecule has 6 nitrogen and oxygen atoms in total. The van der Waals surface area contributed by atoms with Crippen LogP contribution in [0.4, 0.5) is 13.2 Å². The van der Waals surface area contributed by atoms with E-state index in [-0.39, 0.29) is 23.9 Å². The first-order valence-electron chi connectivity index (χ1n) is 7.46. The van der Waals surface area contributed by atoms with E-state index in [0.717, 1.165) is 12.1 Å². The molecule has 0 atom stereocenters. The molecule has 0 bridgehead atoms. The third kappa shape index (κ3) is 8.37. The normalized spacial score (nSPS) is 12.7. The first-order chi connectivity index (χ1) is 11.7. The van der Waals surface area contributed by atoms with E-state index in [9.17, 15) is 26.4 Å². The van der Waals surface area contributed by atoms with E-state index in [1.54, 1.807) is 20.8 Å². The predicted molar refractivity (Wildman–Crippen MR) is 91.1 cm³/mol. The lowest BCUT2D eigenvalue weighted by Gasteiger charge is -2.19. The molecule has 0 amide bonds. The van der Waals surface area contributed by atoms with Crippen LogP contribution in [0.3, 0.4) is 0 Å². The van der Waals surface area contributed by atoms with Crippen molar-refractivity contribution in [3.8, 4) is 5.75 Å². The Morgan fingerprint density at radius 1 is 1.23 bits per heavy atom. The van der Waals surface area contributed by atoms with Crippen molar-refractivity contribution in [3.63, 3.8) is 0 Å². The smallest absolute Gasteiger partial charge is 0.460 e. The number of halogens is 4. The van der Waals surface area contributed by atoms with Gasteiger partial charge in [0, 0.05) is 17.4 Å². The molecule has 0 radical (unpaired) electrons. The maximum Gasteiger partial charge on any atom is 0.573 e. The van der Waals surface area contributed by atoms with Crippen molar-refractivity contribution in [2.75, 3.05) is 6.54 Å². The zero-order valence-corrected chi connectivity index (χ0v) is 16.7. The monoisotopic (exact) mass is 461 g/mol. The van der Waals surface area contributed by atoms with Gasteiger partial charge in [0.15, 0.2) is 5.75 Å². The summed E-state index contributed by atoms with van der Waals surface area (Å²) >= 11 is 2.96. The summed E-state index contributed by atoms with van der Waals surface area (Å²) in [5, 5.41) is 0. The van der Waals surface area contributed by atoms with Gasteiger partial charge in [-0.3, -0.25) is 4.79 Å². The molecule has 148 valence electrons. The molecule has 1 rings (SSSR count). The number of ether oxygens (including phenoxy) is 2. The van der Waals surface area contributed by atoms with E-state index in [2.05, 4.69) is 25.4 Å². The van der Waals surface area contributed by atoms with Gasteiger partial charge in [0.25, 0.3) is 0 Å². The van der Waals surface area contributed by atoms with Gasteiger partial charge in [0.05, 0.1) is 0 Å². The van der Waals surface area contributed by atoms with Crippen molar-refractivity contribution in [1.29, 1.82) is 0 Å². The molecule has 1 aromatic carbocycles. The molecule has 0 aliphatic carbocycles. The Kier molecular flexibility index (Phi) is 7.49. The predicted octanol–water partition coefficient (Wildman–Crippen LogP) is 3.75. The number of benzene rings is 1. The Bertz CT molecular complexity index is 745. The van der Waals surface area contributed by atoms with Gasteiger partial charge in [-0.15, -0.1) is 13.2 Å². The summed E-state index contributed by atoms with van der Waals surface area (Å²) in [6.07, 6.45) is -4.95. The fourth-order valence-electron chi connectivity index (χ4n) is 1.82. The summed E-state index contributed by atoms with van der Waals surface area (Å²) < 4.78 is 73.1. The van der Waals surface area contributed by atoms with Crippen LogP contribution >= 0.6 is 15.9 Å². The molecule has 0 aliphatic heterocycles. The van der Waals surface area contributed by atoms with Crippen molar-refractivity contribution in [2.24, 2.45) is 0 Å². The fraction of sp³-hybridized carbons (Fsp3) is 0.533. The molecule has 0 unspecified atom stereocenters. The number of sulfonamides is 1. The second-order valence-corrected chi connectivity index (χ2v) is 8.88. The van der Waals surface area contributed by atoms with Crippen LogP contribution in [0, 0.1) is 0 Å². The van der Waals surface area contributed by atoms with Crippen molar-refractivity contribution < 1.29 is 35.9 Å². The Balaban J connectivity index is 2.75. The van der Waals surface area contributed by atoms with Crippen LogP contribution in [-0.4, -0.2) is 32.9 Å². The van der Waals surface area contributed by atoms with Gasteiger partial charge < -0.3 is 9.47 Å². The van der Waals surface area contributed by atoms with Gasteiger partial charge >= 0.3 is 12.3 Å². The van der Waals surface area contributed by atoms with Crippen LogP contribution in [0.1, 0.15) is 33.6 Å². The summed E-state index contributed by atoms with van der Waals surface area (Å²) in [5.74, 6) is -1.35. The highest BCUT2D eigenvalue weighted by Crippen LogP contribution is 2.32. The summed E-state index contributed by atoms with van der Waals surface area (Å²) in [6, 6.07) is 3.17. The number of rotatable bonds is 7. The molecule has 1 N–H and O–H groups in total. The summed E-state index contributed by atoms with van der Waals surface area (Å²) in [7, 11) is -4.26. The van der Waals surface area contributed by atoms with Crippen molar-refractivity contribution in [1.82, 2.24) is 4.72 Å². The van der Waals surface area contributed by atoms with E-state index in [1.165, 1.54) is 6.07 Å². The molecule has 0 heterocycles. The first kappa shape index (κ1) is 22.7. The molecule has 0 aliphatic rings. The Hall–Kier alpha value is -1.33. The number of carbonyl (C=O) groups excluding carboxylic acids is 1. The molecular formula is C15H19BrF3NO5S. The lowest BCUT2D eigenvalue weighted by Crippen LogP contribution is -2.28. The van der Waals surface area contributed by atoms with Gasteiger partial charge in [-0.05, 0) is 45.4 Å². The standard InChI is InChI=1S/C15H19BrF3NO5S/c1-14(2,3)25-13(21)5-4-8-20-26(22,23)12-7-6-10(16)9-11(12)24-15(17,18)19/h6-7,9,20H,4-5,8H2,1-3H3. The van der Waals surface area contributed by atoms with Gasteiger partial charge in [0.1, 0.15) is 10.5 Å². The summed E-state index contributed by atoms with van der Waals surface area (Å²) in [4.78, 5) is 10.9. The van der Waals surface area contributed by atoms with Crippen molar-refractivity contribution in [2.45, 2.75) is 50.5 Å². The lowest BCUT2D eigenvalue weighted by atomic mass is 10.2. The largest absolute Gasteiger partial charge is 0.573 e. The lowest BCUT2D eigenvalue weighted by molar-refractivity contribution is -0.275. The van der Waals surface area contributed by atoms with Crippen molar-refractivity contribution >= 4 is 31.9 Å². The van der Waals surface area contributed by atoms with Crippen LogP contribution in [0.2, 0.25) is 0 Å². The average molecular weight is 462 g/mol. The third-order valence-corrected chi connectivity index (χ3v) is 4.68. The third-order valence-electron chi connectivity index (χ3n) is 2.69. The molecule has 0 fully saturated rings. The van der Waals surface area contributed by atoms with E-state index in [4.69, 9.17) is 4.74 Å². The second kappa shape index (κ2) is 8.57. The Morgan fingerprint density at radius 3 is 2.38 bits per heavy atom. The van der Waals surface area contributed by atoms with E-state index >= 15 is 0 Å². The number of esters is 1. The van der Waals surface area contributed by atoms with Gasteiger partial charge in [-0.25, -0.2) is 13.1 Å². The number of hydrogen-bond donors (Lipinski definition) is 1. The molecular weight excluding hydrogens is 443 g/mol. The van der Waals surface area contributed by atoms with Gasteiger partial charge in [-0.2, -0.15) is 0 Å². The van der Waals surface area contributed by atoms with Crippen LogP contribution in [0.25, 0.3) is 0 Å².